The summed E-state index contributed by atoms with van der Waals surface area (Å²) in [6.07, 6.45) is 1.75. The molecule has 0 bridgehead atoms. The standard InChI is InChI=1S/C15H17ClN2O/c1-10-4-5-13(16)9-14(10)19-15-8-12(6-7-18-15)11(2)17-3/h4-9,11,17H,1-3H3. The lowest BCUT2D eigenvalue weighted by Crippen LogP contribution is -2.12. The van der Waals surface area contributed by atoms with Gasteiger partial charge in [-0.1, -0.05) is 17.7 Å². The zero-order valence-electron chi connectivity index (χ0n) is 11.3. The Hall–Kier alpha value is -1.58. The lowest BCUT2D eigenvalue weighted by molar-refractivity contribution is 0.457. The Kier molecular flexibility index (Phi) is 4.40. The summed E-state index contributed by atoms with van der Waals surface area (Å²) >= 11 is 5.98. The lowest BCUT2D eigenvalue weighted by atomic mass is 10.1. The van der Waals surface area contributed by atoms with E-state index in [1.807, 2.05) is 38.2 Å². The molecule has 0 aliphatic rings. The van der Waals surface area contributed by atoms with Crippen LogP contribution in [-0.4, -0.2) is 12.0 Å². The van der Waals surface area contributed by atoms with Crippen LogP contribution in [-0.2, 0) is 0 Å². The molecule has 1 atom stereocenters. The largest absolute Gasteiger partial charge is 0.439 e. The molecule has 0 fully saturated rings. The summed E-state index contributed by atoms with van der Waals surface area (Å²) in [5, 5.41) is 3.84. The van der Waals surface area contributed by atoms with Gasteiger partial charge in [-0.2, -0.15) is 0 Å². The molecule has 0 aliphatic carbocycles. The highest BCUT2D eigenvalue weighted by molar-refractivity contribution is 6.30. The van der Waals surface area contributed by atoms with Crippen LogP contribution in [0.2, 0.25) is 5.02 Å². The van der Waals surface area contributed by atoms with Crippen molar-refractivity contribution in [2.75, 3.05) is 7.05 Å². The predicted octanol–water partition coefficient (Wildman–Crippen LogP) is 4.12. The number of aryl methyl sites for hydroxylation is 1. The van der Waals surface area contributed by atoms with E-state index in [9.17, 15) is 0 Å². The van der Waals surface area contributed by atoms with Gasteiger partial charge in [0.05, 0.1) is 0 Å². The van der Waals surface area contributed by atoms with E-state index in [1.165, 1.54) is 0 Å². The summed E-state index contributed by atoms with van der Waals surface area (Å²) < 4.78 is 5.80. The molecule has 1 aromatic carbocycles. The molecule has 100 valence electrons. The number of halogens is 1. The van der Waals surface area contributed by atoms with Crippen LogP contribution >= 0.6 is 11.6 Å². The quantitative estimate of drug-likeness (QED) is 0.912. The van der Waals surface area contributed by atoms with Gasteiger partial charge in [-0.25, -0.2) is 4.98 Å². The van der Waals surface area contributed by atoms with Crippen molar-refractivity contribution in [3.63, 3.8) is 0 Å². The number of pyridine rings is 1. The van der Waals surface area contributed by atoms with E-state index in [1.54, 1.807) is 12.3 Å². The van der Waals surface area contributed by atoms with E-state index in [4.69, 9.17) is 16.3 Å². The van der Waals surface area contributed by atoms with Gasteiger partial charge in [0, 0.05) is 23.3 Å². The Morgan fingerprint density at radius 2 is 2.05 bits per heavy atom. The van der Waals surface area contributed by atoms with Gasteiger partial charge in [0.15, 0.2) is 0 Å². The second kappa shape index (κ2) is 6.04. The number of benzene rings is 1. The average molecular weight is 277 g/mol. The maximum atomic E-state index is 5.98. The number of hydrogen-bond acceptors (Lipinski definition) is 3. The van der Waals surface area contributed by atoms with Gasteiger partial charge >= 0.3 is 0 Å². The average Bonchev–Trinajstić information content (AvgIpc) is 2.42. The van der Waals surface area contributed by atoms with Crippen molar-refractivity contribution in [2.45, 2.75) is 19.9 Å². The Bertz CT molecular complexity index is 572. The predicted molar refractivity (Wildman–Crippen MR) is 78.0 cm³/mol. The molecule has 0 aliphatic heterocycles. The normalized spacial score (nSPS) is 12.2. The van der Waals surface area contributed by atoms with Crippen LogP contribution in [0.5, 0.6) is 11.6 Å². The zero-order valence-corrected chi connectivity index (χ0v) is 12.0. The molecular formula is C15H17ClN2O. The smallest absolute Gasteiger partial charge is 0.219 e. The van der Waals surface area contributed by atoms with Gasteiger partial charge < -0.3 is 10.1 Å². The van der Waals surface area contributed by atoms with Crippen LogP contribution in [0.4, 0.5) is 0 Å². The molecule has 1 unspecified atom stereocenters. The van der Waals surface area contributed by atoms with Crippen LogP contribution in [0.15, 0.2) is 36.5 Å². The number of nitrogens with one attached hydrogen (secondary N) is 1. The molecule has 2 aromatic rings. The minimum atomic E-state index is 0.255. The van der Waals surface area contributed by atoms with E-state index in [2.05, 4.69) is 17.2 Å². The molecule has 1 heterocycles. The van der Waals surface area contributed by atoms with Crippen LogP contribution in [0.25, 0.3) is 0 Å². The fourth-order valence-corrected chi connectivity index (χ4v) is 1.88. The number of hydrogen-bond donors (Lipinski definition) is 1. The Balaban J connectivity index is 2.26. The van der Waals surface area contributed by atoms with E-state index in [0.29, 0.717) is 10.9 Å². The molecule has 0 radical (unpaired) electrons. The van der Waals surface area contributed by atoms with Crippen LogP contribution < -0.4 is 10.1 Å². The van der Waals surface area contributed by atoms with Crippen molar-refractivity contribution in [3.8, 4) is 11.6 Å². The van der Waals surface area contributed by atoms with Crippen molar-refractivity contribution >= 4 is 11.6 Å². The monoisotopic (exact) mass is 276 g/mol. The number of ether oxygens (including phenoxy) is 1. The van der Waals surface area contributed by atoms with Crippen molar-refractivity contribution < 1.29 is 4.74 Å². The van der Waals surface area contributed by atoms with Crippen molar-refractivity contribution in [1.29, 1.82) is 0 Å². The summed E-state index contributed by atoms with van der Waals surface area (Å²) in [6, 6.07) is 9.73. The zero-order chi connectivity index (χ0) is 13.8. The highest BCUT2D eigenvalue weighted by atomic mass is 35.5. The molecule has 0 saturated carbocycles. The topological polar surface area (TPSA) is 34.2 Å². The van der Waals surface area contributed by atoms with Gasteiger partial charge in [0.2, 0.25) is 5.88 Å². The minimum absolute atomic E-state index is 0.255. The maximum absolute atomic E-state index is 5.98. The van der Waals surface area contributed by atoms with Gasteiger partial charge in [-0.05, 0) is 50.2 Å². The first-order valence-electron chi connectivity index (χ1n) is 6.17. The molecule has 1 N–H and O–H groups in total. The van der Waals surface area contributed by atoms with E-state index in [0.717, 1.165) is 16.9 Å². The van der Waals surface area contributed by atoms with E-state index >= 15 is 0 Å². The molecule has 19 heavy (non-hydrogen) atoms. The summed E-state index contributed by atoms with van der Waals surface area (Å²) in [5.41, 5.74) is 2.16. The second-order valence-electron chi connectivity index (χ2n) is 4.45. The number of aromatic nitrogens is 1. The fourth-order valence-electron chi connectivity index (χ4n) is 1.71. The highest BCUT2D eigenvalue weighted by Crippen LogP contribution is 2.27. The third-order valence-corrected chi connectivity index (χ3v) is 3.29. The van der Waals surface area contributed by atoms with Crippen LogP contribution in [0, 0.1) is 6.92 Å². The molecule has 2 rings (SSSR count). The number of nitrogens with zero attached hydrogens (tertiary/aromatic N) is 1. The Morgan fingerprint density at radius 3 is 2.79 bits per heavy atom. The second-order valence-corrected chi connectivity index (χ2v) is 4.89. The van der Waals surface area contributed by atoms with Gasteiger partial charge in [0.1, 0.15) is 5.75 Å². The molecule has 0 amide bonds. The van der Waals surface area contributed by atoms with Crippen molar-refractivity contribution in [3.05, 3.63) is 52.7 Å². The van der Waals surface area contributed by atoms with Crippen molar-refractivity contribution in [2.24, 2.45) is 0 Å². The SMILES string of the molecule is CNC(C)c1ccnc(Oc2cc(Cl)ccc2C)c1. The lowest BCUT2D eigenvalue weighted by Gasteiger charge is -2.12. The third kappa shape index (κ3) is 3.46. The van der Waals surface area contributed by atoms with Gasteiger partial charge in [-0.15, -0.1) is 0 Å². The Labute approximate surface area is 118 Å². The first-order chi connectivity index (χ1) is 9.10. The summed E-state index contributed by atoms with van der Waals surface area (Å²) in [7, 11) is 1.92. The summed E-state index contributed by atoms with van der Waals surface area (Å²) in [5.74, 6) is 1.30. The molecule has 3 nitrogen and oxygen atoms in total. The molecule has 1 aromatic heterocycles. The van der Waals surface area contributed by atoms with Gasteiger partial charge in [-0.3, -0.25) is 0 Å². The molecule has 0 spiro atoms. The fraction of sp³-hybridized carbons (Fsp3) is 0.267. The summed E-state index contributed by atoms with van der Waals surface area (Å²) in [4.78, 5) is 4.23. The highest BCUT2D eigenvalue weighted by Gasteiger charge is 2.07. The molecule has 0 saturated heterocycles. The number of rotatable bonds is 4. The van der Waals surface area contributed by atoms with E-state index < -0.39 is 0 Å². The van der Waals surface area contributed by atoms with Crippen molar-refractivity contribution in [1.82, 2.24) is 10.3 Å². The summed E-state index contributed by atoms with van der Waals surface area (Å²) in [6.45, 7) is 4.06. The third-order valence-electron chi connectivity index (χ3n) is 3.06. The maximum Gasteiger partial charge on any atom is 0.219 e. The van der Waals surface area contributed by atoms with E-state index in [-0.39, 0.29) is 6.04 Å². The van der Waals surface area contributed by atoms with Gasteiger partial charge in [0.25, 0.3) is 0 Å². The first-order valence-corrected chi connectivity index (χ1v) is 6.55. The first kappa shape index (κ1) is 13.8. The molecular weight excluding hydrogens is 260 g/mol. The minimum Gasteiger partial charge on any atom is -0.439 e. The van der Waals surface area contributed by atoms with Crippen LogP contribution in [0.3, 0.4) is 0 Å². The molecule has 4 heteroatoms. The van der Waals surface area contributed by atoms with Crippen LogP contribution in [0.1, 0.15) is 24.1 Å². The Morgan fingerprint density at radius 1 is 1.26 bits per heavy atom.